The van der Waals surface area contributed by atoms with Crippen molar-refractivity contribution in [3.8, 4) is 0 Å². The molecule has 0 aliphatic heterocycles. The van der Waals surface area contributed by atoms with Gasteiger partial charge >= 0.3 is 0 Å². The Morgan fingerprint density at radius 3 is 2.27 bits per heavy atom. The van der Waals surface area contributed by atoms with E-state index in [0.717, 1.165) is 37.5 Å². The van der Waals surface area contributed by atoms with Gasteiger partial charge in [0.05, 0.1) is 6.10 Å². The van der Waals surface area contributed by atoms with Crippen molar-refractivity contribution in [1.82, 2.24) is 0 Å². The highest BCUT2D eigenvalue weighted by Gasteiger charge is 2.31. The molecule has 0 radical (unpaired) electrons. The van der Waals surface area contributed by atoms with Crippen LogP contribution in [0.25, 0.3) is 0 Å². The van der Waals surface area contributed by atoms with Gasteiger partial charge in [-0.1, -0.05) is 13.8 Å². The van der Waals surface area contributed by atoms with Crippen molar-refractivity contribution in [2.24, 2.45) is 17.8 Å². The molecule has 2 atom stereocenters. The summed E-state index contributed by atoms with van der Waals surface area (Å²) in [5.41, 5.74) is 0. The summed E-state index contributed by atoms with van der Waals surface area (Å²) < 4.78 is 5.74. The summed E-state index contributed by atoms with van der Waals surface area (Å²) >= 11 is 0. The molecule has 0 spiro atoms. The highest BCUT2D eigenvalue weighted by atomic mass is 16.5. The fourth-order valence-corrected chi connectivity index (χ4v) is 2.73. The lowest BCUT2D eigenvalue weighted by Gasteiger charge is -2.31. The minimum atomic E-state index is 0.334. The van der Waals surface area contributed by atoms with Crippen molar-refractivity contribution in [2.75, 3.05) is 6.61 Å². The van der Waals surface area contributed by atoms with E-state index in [0.29, 0.717) is 24.4 Å². The fourth-order valence-electron chi connectivity index (χ4n) is 2.73. The van der Waals surface area contributed by atoms with E-state index in [4.69, 9.17) is 4.74 Å². The van der Waals surface area contributed by atoms with Crippen LogP contribution in [0.5, 0.6) is 0 Å². The summed E-state index contributed by atoms with van der Waals surface area (Å²) in [6, 6.07) is 0. The maximum atomic E-state index is 11.5. The molecule has 15 heavy (non-hydrogen) atoms. The Labute approximate surface area is 92.4 Å². The van der Waals surface area contributed by atoms with E-state index < -0.39 is 0 Å². The van der Waals surface area contributed by atoms with Crippen LogP contribution in [0.2, 0.25) is 0 Å². The van der Waals surface area contributed by atoms with E-state index >= 15 is 0 Å². The molecule has 2 heteroatoms. The molecule has 0 amide bonds. The molecule has 2 aliphatic carbocycles. The Morgan fingerprint density at radius 1 is 1.13 bits per heavy atom. The van der Waals surface area contributed by atoms with Gasteiger partial charge in [-0.15, -0.1) is 0 Å². The largest absolute Gasteiger partial charge is 0.370 e. The molecule has 2 aliphatic rings. The average molecular weight is 210 g/mol. The van der Waals surface area contributed by atoms with Crippen LogP contribution in [0.1, 0.15) is 46.0 Å². The normalized spacial score (nSPS) is 36.5. The van der Waals surface area contributed by atoms with Crippen molar-refractivity contribution in [3.63, 3.8) is 0 Å². The predicted octanol–water partition coefficient (Wildman–Crippen LogP) is 2.81. The van der Waals surface area contributed by atoms with Crippen LogP contribution in [-0.2, 0) is 9.53 Å². The molecular weight excluding hydrogens is 188 g/mol. The highest BCUT2D eigenvalue weighted by molar-refractivity contribution is 5.84. The molecule has 0 N–H and O–H groups in total. The molecule has 0 saturated heterocycles. The SMILES string of the molecule is CC1CC(C)CC(OCC(=O)C2CC2)C1. The quantitative estimate of drug-likeness (QED) is 0.713. The van der Waals surface area contributed by atoms with E-state index in [9.17, 15) is 4.79 Å². The first kappa shape index (κ1) is 11.1. The second-order valence-corrected chi connectivity index (χ2v) is 5.59. The van der Waals surface area contributed by atoms with Crippen molar-refractivity contribution >= 4 is 5.78 Å². The molecule has 86 valence electrons. The van der Waals surface area contributed by atoms with Crippen LogP contribution < -0.4 is 0 Å². The standard InChI is InChI=1S/C13H22O2/c1-9-5-10(2)7-12(6-9)15-8-13(14)11-3-4-11/h9-12H,3-8H2,1-2H3. The van der Waals surface area contributed by atoms with Gasteiger partial charge in [-0.2, -0.15) is 0 Å². The van der Waals surface area contributed by atoms with Crippen LogP contribution in [0.15, 0.2) is 0 Å². The predicted molar refractivity (Wildman–Crippen MR) is 59.7 cm³/mol. The molecule has 0 aromatic rings. The third-order valence-electron chi connectivity index (χ3n) is 3.63. The zero-order valence-electron chi connectivity index (χ0n) is 9.87. The number of carbonyl (C=O) groups is 1. The molecule has 0 aromatic heterocycles. The summed E-state index contributed by atoms with van der Waals surface area (Å²) in [4.78, 5) is 11.5. The number of Topliss-reactive ketones (excluding diaryl/α,β-unsaturated/α-hetero) is 1. The Kier molecular flexibility index (Phi) is 3.45. The fraction of sp³-hybridized carbons (Fsp3) is 0.923. The van der Waals surface area contributed by atoms with E-state index in [1.165, 1.54) is 6.42 Å². The molecule has 2 fully saturated rings. The minimum absolute atomic E-state index is 0.334. The molecule has 0 heterocycles. The van der Waals surface area contributed by atoms with Gasteiger partial charge in [0.15, 0.2) is 5.78 Å². The number of rotatable bonds is 4. The van der Waals surface area contributed by atoms with E-state index in [1.54, 1.807) is 0 Å². The topological polar surface area (TPSA) is 26.3 Å². The Hall–Kier alpha value is -0.370. The maximum absolute atomic E-state index is 11.5. The molecule has 2 nitrogen and oxygen atoms in total. The van der Waals surface area contributed by atoms with Gasteiger partial charge in [0.1, 0.15) is 6.61 Å². The Morgan fingerprint density at radius 2 is 1.73 bits per heavy atom. The van der Waals surface area contributed by atoms with Gasteiger partial charge in [-0.05, 0) is 43.9 Å². The maximum Gasteiger partial charge on any atom is 0.161 e. The van der Waals surface area contributed by atoms with Crippen LogP contribution in [0, 0.1) is 17.8 Å². The average Bonchev–Trinajstić information content (AvgIpc) is 2.95. The molecule has 0 aromatic carbocycles. The first-order valence-electron chi connectivity index (χ1n) is 6.29. The first-order valence-corrected chi connectivity index (χ1v) is 6.29. The molecule has 2 rings (SSSR count). The zero-order valence-corrected chi connectivity index (χ0v) is 9.87. The lowest BCUT2D eigenvalue weighted by molar-refractivity contribution is -0.128. The molecule has 0 bridgehead atoms. The van der Waals surface area contributed by atoms with Gasteiger partial charge in [-0.25, -0.2) is 0 Å². The highest BCUT2D eigenvalue weighted by Crippen LogP contribution is 2.32. The number of ketones is 1. The summed E-state index contributed by atoms with van der Waals surface area (Å²) in [6.07, 6.45) is 6.13. The van der Waals surface area contributed by atoms with Crippen molar-refractivity contribution in [2.45, 2.75) is 52.1 Å². The number of hydrogen-bond acceptors (Lipinski definition) is 2. The molecular formula is C13H22O2. The van der Waals surface area contributed by atoms with Crippen LogP contribution in [-0.4, -0.2) is 18.5 Å². The Bertz CT molecular complexity index is 223. The van der Waals surface area contributed by atoms with Crippen molar-refractivity contribution in [1.29, 1.82) is 0 Å². The van der Waals surface area contributed by atoms with Gasteiger partial charge in [0.25, 0.3) is 0 Å². The van der Waals surface area contributed by atoms with Crippen LogP contribution in [0.4, 0.5) is 0 Å². The zero-order chi connectivity index (χ0) is 10.8. The lowest BCUT2D eigenvalue weighted by Crippen LogP contribution is -2.28. The smallest absolute Gasteiger partial charge is 0.161 e. The molecule has 2 unspecified atom stereocenters. The van der Waals surface area contributed by atoms with Crippen LogP contribution in [0.3, 0.4) is 0 Å². The van der Waals surface area contributed by atoms with E-state index in [2.05, 4.69) is 13.8 Å². The van der Waals surface area contributed by atoms with E-state index in [-0.39, 0.29) is 0 Å². The molecule has 2 saturated carbocycles. The monoisotopic (exact) mass is 210 g/mol. The first-order chi connectivity index (χ1) is 7.15. The van der Waals surface area contributed by atoms with E-state index in [1.807, 2.05) is 0 Å². The minimum Gasteiger partial charge on any atom is -0.370 e. The third kappa shape index (κ3) is 3.30. The van der Waals surface area contributed by atoms with Gasteiger partial charge in [0.2, 0.25) is 0 Å². The van der Waals surface area contributed by atoms with Gasteiger partial charge in [0, 0.05) is 5.92 Å². The lowest BCUT2D eigenvalue weighted by atomic mass is 9.82. The second kappa shape index (κ2) is 4.65. The Balaban J connectivity index is 1.71. The number of carbonyl (C=O) groups excluding carboxylic acids is 1. The summed E-state index contributed by atoms with van der Waals surface area (Å²) in [5.74, 6) is 2.20. The van der Waals surface area contributed by atoms with Gasteiger partial charge < -0.3 is 4.74 Å². The second-order valence-electron chi connectivity index (χ2n) is 5.59. The van der Waals surface area contributed by atoms with Crippen molar-refractivity contribution in [3.05, 3.63) is 0 Å². The van der Waals surface area contributed by atoms with Crippen LogP contribution >= 0.6 is 0 Å². The number of ether oxygens (including phenoxy) is 1. The summed E-state index contributed by atoms with van der Waals surface area (Å²) in [6.45, 7) is 4.94. The number of hydrogen-bond donors (Lipinski definition) is 0. The van der Waals surface area contributed by atoms with Crippen molar-refractivity contribution < 1.29 is 9.53 Å². The van der Waals surface area contributed by atoms with Gasteiger partial charge in [-0.3, -0.25) is 4.79 Å². The summed E-state index contributed by atoms with van der Waals surface area (Å²) in [5, 5.41) is 0. The third-order valence-corrected chi connectivity index (χ3v) is 3.63. The summed E-state index contributed by atoms with van der Waals surface area (Å²) in [7, 11) is 0.